The molecular weight excluding hydrogens is 434 g/mol. The molecule has 176 valence electrons. The van der Waals surface area contributed by atoms with Crippen molar-refractivity contribution >= 4 is 35.5 Å². The van der Waals surface area contributed by atoms with Crippen LogP contribution in [0.4, 0.5) is 0 Å². The molecule has 0 aliphatic heterocycles. The molecule has 0 radical (unpaired) electrons. The van der Waals surface area contributed by atoms with Gasteiger partial charge in [0.25, 0.3) is 5.91 Å². The van der Waals surface area contributed by atoms with Crippen LogP contribution in [0.5, 0.6) is 0 Å². The lowest BCUT2D eigenvalue weighted by atomic mass is 10.0. The van der Waals surface area contributed by atoms with Crippen LogP contribution in [0, 0.1) is 12.8 Å². The summed E-state index contributed by atoms with van der Waals surface area (Å²) in [5, 5.41) is 12.3. The van der Waals surface area contributed by atoms with Crippen molar-refractivity contribution in [3.8, 4) is 0 Å². The minimum atomic E-state index is -0.940. The molecule has 6 nitrogen and oxygen atoms in total. The molecule has 0 bridgehead atoms. The number of carboxylic acid groups (broad SMARTS) is 1. The molecule has 0 aliphatic carbocycles. The van der Waals surface area contributed by atoms with Gasteiger partial charge in [0.1, 0.15) is 5.82 Å². The molecule has 0 fully saturated rings. The van der Waals surface area contributed by atoms with Crippen LogP contribution in [-0.2, 0) is 13.0 Å². The van der Waals surface area contributed by atoms with E-state index in [9.17, 15) is 14.7 Å². The summed E-state index contributed by atoms with van der Waals surface area (Å²) in [6.07, 6.45) is 2.65. The van der Waals surface area contributed by atoms with Crippen LogP contribution in [0.15, 0.2) is 36.4 Å². The summed E-state index contributed by atoms with van der Waals surface area (Å²) < 4.78 is 2.14. The average molecular weight is 468 g/mol. The summed E-state index contributed by atoms with van der Waals surface area (Å²) in [5.74, 6) is 0.983. The Kier molecular flexibility index (Phi) is 8.19. The van der Waals surface area contributed by atoms with Gasteiger partial charge in [0.05, 0.1) is 16.6 Å². The highest BCUT2D eigenvalue weighted by Gasteiger charge is 2.19. The zero-order chi connectivity index (χ0) is 24.1. The lowest BCUT2D eigenvalue weighted by Crippen LogP contribution is -2.37. The number of benzene rings is 2. The van der Waals surface area contributed by atoms with Crippen molar-refractivity contribution < 1.29 is 14.7 Å². The van der Waals surface area contributed by atoms with Crippen molar-refractivity contribution in [2.45, 2.75) is 59.5 Å². The van der Waals surface area contributed by atoms with Crippen molar-refractivity contribution in [2.75, 3.05) is 5.75 Å². The zero-order valence-corrected chi connectivity index (χ0v) is 20.7. The predicted molar refractivity (Wildman–Crippen MR) is 136 cm³/mol. The van der Waals surface area contributed by atoms with Crippen molar-refractivity contribution in [1.29, 1.82) is 0 Å². The Morgan fingerprint density at radius 1 is 1.15 bits per heavy atom. The normalized spacial score (nSPS) is 12.3. The summed E-state index contributed by atoms with van der Waals surface area (Å²) in [6.45, 7) is 8.93. The fourth-order valence-corrected chi connectivity index (χ4v) is 4.36. The van der Waals surface area contributed by atoms with Gasteiger partial charge in [0.15, 0.2) is 0 Å². The van der Waals surface area contributed by atoms with E-state index in [4.69, 9.17) is 4.98 Å². The lowest BCUT2D eigenvalue weighted by Gasteiger charge is -2.19. The topological polar surface area (TPSA) is 84.2 Å². The zero-order valence-electron chi connectivity index (χ0n) is 19.8. The SMILES string of the molecule is CCCc1nc2c(C)cc(C(=O)N[C@@H](CS)CC(C)C)cc2n1Cc1ccc(C(=O)O)cc1. The number of aromatic carboxylic acids is 1. The third kappa shape index (κ3) is 5.96. The van der Waals surface area contributed by atoms with Crippen LogP contribution in [-0.4, -0.2) is 38.3 Å². The van der Waals surface area contributed by atoms with Crippen LogP contribution in [0.25, 0.3) is 11.0 Å². The Hall–Kier alpha value is -2.80. The van der Waals surface area contributed by atoms with Gasteiger partial charge >= 0.3 is 5.97 Å². The number of hydrogen-bond donors (Lipinski definition) is 3. The Morgan fingerprint density at radius 2 is 1.85 bits per heavy atom. The van der Waals surface area contributed by atoms with E-state index < -0.39 is 5.97 Å². The molecule has 7 heteroatoms. The van der Waals surface area contributed by atoms with Crippen LogP contribution in [0.1, 0.15) is 71.3 Å². The summed E-state index contributed by atoms with van der Waals surface area (Å²) in [6, 6.07) is 10.7. The maximum atomic E-state index is 13.1. The van der Waals surface area contributed by atoms with Crippen molar-refractivity contribution in [1.82, 2.24) is 14.9 Å². The largest absolute Gasteiger partial charge is 0.478 e. The molecule has 0 unspecified atom stereocenters. The summed E-state index contributed by atoms with van der Waals surface area (Å²) in [5.41, 5.74) is 4.62. The molecule has 2 N–H and O–H groups in total. The number of aromatic nitrogens is 2. The molecular formula is C26H33N3O3S. The fraction of sp³-hybridized carbons (Fsp3) is 0.423. The first-order valence-corrected chi connectivity index (χ1v) is 12.1. The maximum absolute atomic E-state index is 13.1. The van der Waals surface area contributed by atoms with E-state index in [1.165, 1.54) is 0 Å². The number of nitrogens with one attached hydrogen (secondary N) is 1. The Labute approximate surface area is 200 Å². The number of carboxylic acids is 1. The molecule has 3 aromatic rings. The predicted octanol–water partition coefficient (Wildman–Crippen LogP) is 5.12. The van der Waals surface area contributed by atoms with Crippen molar-refractivity contribution in [3.63, 3.8) is 0 Å². The summed E-state index contributed by atoms with van der Waals surface area (Å²) in [7, 11) is 0. The first-order valence-electron chi connectivity index (χ1n) is 11.5. The third-order valence-corrected chi connectivity index (χ3v) is 6.15. The molecule has 1 amide bonds. The molecule has 1 aromatic heterocycles. The first-order chi connectivity index (χ1) is 15.7. The second-order valence-electron chi connectivity index (χ2n) is 9.01. The second-order valence-corrected chi connectivity index (χ2v) is 9.37. The van der Waals surface area contributed by atoms with E-state index >= 15 is 0 Å². The number of carbonyl (C=O) groups excluding carboxylic acids is 1. The second kappa shape index (κ2) is 10.9. The van der Waals surface area contributed by atoms with Gasteiger partial charge in [-0.05, 0) is 61.1 Å². The smallest absolute Gasteiger partial charge is 0.335 e. The molecule has 33 heavy (non-hydrogen) atoms. The molecule has 0 saturated heterocycles. The summed E-state index contributed by atoms with van der Waals surface area (Å²) >= 11 is 4.41. The van der Waals surface area contributed by atoms with Gasteiger partial charge in [0.2, 0.25) is 0 Å². The van der Waals surface area contributed by atoms with Crippen LogP contribution in [0.2, 0.25) is 0 Å². The fourth-order valence-electron chi connectivity index (χ4n) is 4.11. The molecule has 0 spiro atoms. The van der Waals surface area contributed by atoms with E-state index in [-0.39, 0.29) is 17.5 Å². The van der Waals surface area contributed by atoms with Gasteiger partial charge < -0.3 is 15.0 Å². The minimum absolute atomic E-state index is 0.0187. The molecule has 2 aromatic carbocycles. The van der Waals surface area contributed by atoms with Crippen molar-refractivity contribution in [3.05, 3.63) is 64.5 Å². The Balaban J connectivity index is 1.99. The lowest BCUT2D eigenvalue weighted by molar-refractivity contribution is 0.0696. The quantitative estimate of drug-likeness (QED) is 0.362. The number of aryl methyl sites for hydroxylation is 2. The number of amides is 1. The maximum Gasteiger partial charge on any atom is 0.335 e. The van der Waals surface area contributed by atoms with Gasteiger partial charge in [-0.3, -0.25) is 4.79 Å². The highest BCUT2D eigenvalue weighted by molar-refractivity contribution is 7.80. The molecule has 1 heterocycles. The van der Waals surface area contributed by atoms with Crippen LogP contribution >= 0.6 is 12.6 Å². The van der Waals surface area contributed by atoms with Crippen LogP contribution < -0.4 is 5.32 Å². The van der Waals surface area contributed by atoms with Gasteiger partial charge in [-0.15, -0.1) is 0 Å². The van der Waals surface area contributed by atoms with E-state index in [1.807, 2.05) is 31.2 Å². The Bertz CT molecular complexity index is 1140. The molecule has 3 rings (SSSR count). The molecule has 0 saturated carbocycles. The van der Waals surface area contributed by atoms with Gasteiger partial charge in [-0.1, -0.05) is 32.9 Å². The van der Waals surface area contributed by atoms with Crippen LogP contribution in [0.3, 0.4) is 0 Å². The average Bonchev–Trinajstić information content (AvgIpc) is 3.11. The summed E-state index contributed by atoms with van der Waals surface area (Å²) in [4.78, 5) is 29.1. The molecule has 0 aliphatic rings. The minimum Gasteiger partial charge on any atom is -0.478 e. The van der Waals surface area contributed by atoms with E-state index in [0.29, 0.717) is 23.8 Å². The monoisotopic (exact) mass is 467 g/mol. The van der Waals surface area contributed by atoms with Crippen molar-refractivity contribution in [2.24, 2.45) is 5.92 Å². The highest BCUT2D eigenvalue weighted by Crippen LogP contribution is 2.24. The third-order valence-electron chi connectivity index (χ3n) is 5.71. The van der Waals surface area contributed by atoms with Gasteiger partial charge in [-0.2, -0.15) is 12.6 Å². The molecule has 1 atom stereocenters. The number of imidazole rings is 1. The van der Waals surface area contributed by atoms with E-state index in [2.05, 4.69) is 43.3 Å². The number of hydrogen-bond acceptors (Lipinski definition) is 4. The Morgan fingerprint density at radius 3 is 2.42 bits per heavy atom. The standard InChI is InChI=1S/C26H33N3O3S/c1-5-6-23-28-24-17(4)12-20(25(30)27-21(15-33)11-16(2)3)13-22(24)29(23)14-18-7-9-19(10-8-18)26(31)32/h7-10,12-13,16,21,33H,5-6,11,14-15H2,1-4H3,(H,27,30)(H,31,32)/t21-/m1/s1. The number of nitrogens with zero attached hydrogens (tertiary/aromatic N) is 2. The number of carbonyl (C=O) groups is 2. The first kappa shape index (κ1) is 24.8. The number of rotatable bonds is 10. The highest BCUT2D eigenvalue weighted by atomic mass is 32.1. The number of fused-ring (bicyclic) bond motifs is 1. The van der Waals surface area contributed by atoms with Gasteiger partial charge in [-0.25, -0.2) is 9.78 Å². The van der Waals surface area contributed by atoms with E-state index in [1.54, 1.807) is 12.1 Å². The van der Waals surface area contributed by atoms with E-state index in [0.717, 1.165) is 47.2 Å². The van der Waals surface area contributed by atoms with Gasteiger partial charge in [0, 0.05) is 30.3 Å². The number of thiol groups is 1.